The number of carbonyl (C=O) groups excluding carboxylic acids is 2. The number of likely N-dealkylation sites (tertiary alicyclic amines) is 1. The van der Waals surface area contributed by atoms with Gasteiger partial charge in [-0.15, -0.1) is 12.4 Å². The summed E-state index contributed by atoms with van der Waals surface area (Å²) in [7, 11) is 0. The van der Waals surface area contributed by atoms with Gasteiger partial charge in [-0.2, -0.15) is 0 Å². The lowest BCUT2D eigenvalue weighted by molar-refractivity contribution is -0.129. The first-order chi connectivity index (χ1) is 11.1. The second-order valence-electron chi connectivity index (χ2n) is 6.06. The summed E-state index contributed by atoms with van der Waals surface area (Å²) in [5.74, 6) is 0.258. The second-order valence-corrected chi connectivity index (χ2v) is 6.06. The van der Waals surface area contributed by atoms with Crippen LogP contribution in [0.25, 0.3) is 0 Å². The molecule has 2 N–H and O–H groups in total. The number of nitrogens with zero attached hydrogens (tertiary/aromatic N) is 1. The van der Waals surface area contributed by atoms with Crippen molar-refractivity contribution in [1.29, 1.82) is 0 Å². The molecule has 3 heterocycles. The molecule has 2 fully saturated rings. The number of morpholine rings is 1. The monoisotopic (exact) mass is 357 g/mol. The first-order valence-corrected chi connectivity index (χ1v) is 8.13. The molecule has 8 heteroatoms. The lowest BCUT2D eigenvalue weighted by Gasteiger charge is -2.34. The number of hydrogen-bond donors (Lipinski definition) is 2. The predicted octanol–water partition coefficient (Wildman–Crippen LogP) is 0.799. The predicted molar refractivity (Wildman–Crippen MR) is 90.2 cm³/mol. The molecule has 2 aliphatic rings. The van der Waals surface area contributed by atoms with Gasteiger partial charge in [-0.3, -0.25) is 9.59 Å². The molecule has 2 amide bonds. The van der Waals surface area contributed by atoms with Crippen molar-refractivity contribution >= 4 is 24.2 Å². The summed E-state index contributed by atoms with van der Waals surface area (Å²) >= 11 is 0. The van der Waals surface area contributed by atoms with Gasteiger partial charge in [0.1, 0.15) is 6.04 Å². The van der Waals surface area contributed by atoms with E-state index in [4.69, 9.17) is 9.15 Å². The smallest absolute Gasteiger partial charge is 0.289 e. The van der Waals surface area contributed by atoms with Crippen LogP contribution in [-0.2, 0) is 9.53 Å². The van der Waals surface area contributed by atoms with E-state index in [1.54, 1.807) is 17.0 Å². The van der Waals surface area contributed by atoms with E-state index in [1.807, 2.05) is 6.92 Å². The molecule has 1 aromatic heterocycles. The van der Waals surface area contributed by atoms with Crippen LogP contribution < -0.4 is 10.6 Å². The fourth-order valence-electron chi connectivity index (χ4n) is 3.10. The number of amides is 2. The Morgan fingerprint density at radius 1 is 1.33 bits per heavy atom. The van der Waals surface area contributed by atoms with Crippen molar-refractivity contribution in [2.24, 2.45) is 0 Å². The quantitative estimate of drug-likeness (QED) is 0.836. The summed E-state index contributed by atoms with van der Waals surface area (Å²) in [5, 5.41) is 6.26. The maximum atomic E-state index is 12.3. The van der Waals surface area contributed by atoms with Crippen LogP contribution in [0, 0.1) is 0 Å². The van der Waals surface area contributed by atoms with Crippen molar-refractivity contribution < 1.29 is 18.7 Å². The SMILES string of the molecule is C[C@H]1OCCN[C@@H]1C(=O)NC1CCN(C(=O)c2ccco2)CC1.Cl. The van der Waals surface area contributed by atoms with Gasteiger partial charge in [0, 0.05) is 25.7 Å². The first kappa shape index (κ1) is 18.8. The van der Waals surface area contributed by atoms with Gasteiger partial charge in [0.2, 0.25) is 5.91 Å². The van der Waals surface area contributed by atoms with Gasteiger partial charge in [0.25, 0.3) is 5.91 Å². The van der Waals surface area contributed by atoms with Crippen molar-refractivity contribution in [3.63, 3.8) is 0 Å². The van der Waals surface area contributed by atoms with Gasteiger partial charge in [0.15, 0.2) is 5.76 Å². The number of nitrogens with one attached hydrogen (secondary N) is 2. The van der Waals surface area contributed by atoms with Crippen molar-refractivity contribution in [3.8, 4) is 0 Å². The number of piperidine rings is 1. The number of ether oxygens (including phenoxy) is 1. The van der Waals surface area contributed by atoms with Crippen LogP contribution in [0.4, 0.5) is 0 Å². The Morgan fingerprint density at radius 3 is 2.71 bits per heavy atom. The molecule has 0 radical (unpaired) electrons. The minimum atomic E-state index is -0.300. The van der Waals surface area contributed by atoms with E-state index in [0.717, 1.165) is 12.8 Å². The number of rotatable bonds is 3. The average molecular weight is 358 g/mol. The van der Waals surface area contributed by atoms with Gasteiger partial charge < -0.3 is 24.7 Å². The summed E-state index contributed by atoms with van der Waals surface area (Å²) in [6.07, 6.45) is 2.88. The number of hydrogen-bond acceptors (Lipinski definition) is 5. The Hall–Kier alpha value is -1.57. The zero-order chi connectivity index (χ0) is 16.2. The summed E-state index contributed by atoms with van der Waals surface area (Å²) in [5.41, 5.74) is 0. The van der Waals surface area contributed by atoms with Crippen molar-refractivity contribution in [1.82, 2.24) is 15.5 Å². The van der Waals surface area contributed by atoms with E-state index in [-0.39, 0.29) is 42.4 Å². The van der Waals surface area contributed by atoms with Crippen LogP contribution >= 0.6 is 12.4 Å². The Labute approximate surface area is 147 Å². The molecular weight excluding hydrogens is 334 g/mol. The molecule has 0 unspecified atom stereocenters. The lowest BCUT2D eigenvalue weighted by Crippen LogP contribution is -2.58. The second kappa shape index (κ2) is 8.50. The summed E-state index contributed by atoms with van der Waals surface area (Å²) in [6.45, 7) is 4.47. The molecule has 134 valence electrons. The highest BCUT2D eigenvalue weighted by Crippen LogP contribution is 2.15. The van der Waals surface area contributed by atoms with Gasteiger partial charge in [-0.05, 0) is 31.9 Å². The molecule has 2 aliphatic heterocycles. The molecular formula is C16H24ClN3O4. The van der Waals surface area contributed by atoms with Gasteiger partial charge >= 0.3 is 0 Å². The van der Waals surface area contributed by atoms with E-state index in [2.05, 4.69) is 10.6 Å². The Balaban J connectivity index is 0.00000208. The summed E-state index contributed by atoms with van der Waals surface area (Å²) < 4.78 is 10.7. The molecule has 0 aliphatic carbocycles. The Morgan fingerprint density at radius 2 is 2.08 bits per heavy atom. The lowest BCUT2D eigenvalue weighted by atomic mass is 10.0. The van der Waals surface area contributed by atoms with Crippen LogP contribution in [0.2, 0.25) is 0 Å². The molecule has 3 rings (SSSR count). The van der Waals surface area contributed by atoms with Gasteiger partial charge in [-0.1, -0.05) is 0 Å². The largest absolute Gasteiger partial charge is 0.459 e. The van der Waals surface area contributed by atoms with Crippen molar-refractivity contribution in [2.75, 3.05) is 26.2 Å². The van der Waals surface area contributed by atoms with E-state index >= 15 is 0 Å². The van der Waals surface area contributed by atoms with Crippen molar-refractivity contribution in [2.45, 2.75) is 38.0 Å². The third-order valence-corrected chi connectivity index (χ3v) is 4.46. The standard InChI is InChI=1S/C16H23N3O4.ClH/c1-11-14(17-6-10-22-11)15(20)18-12-4-7-19(8-5-12)16(21)13-3-2-9-23-13;/h2-3,9,11-12,14,17H,4-8,10H2,1H3,(H,18,20);1H/t11-,14+;/m1./s1. The molecule has 0 saturated carbocycles. The maximum Gasteiger partial charge on any atom is 0.289 e. The zero-order valence-corrected chi connectivity index (χ0v) is 14.5. The van der Waals surface area contributed by atoms with Crippen molar-refractivity contribution in [3.05, 3.63) is 24.2 Å². The van der Waals surface area contributed by atoms with Crippen LogP contribution in [0.1, 0.15) is 30.3 Å². The number of carbonyl (C=O) groups is 2. The minimum Gasteiger partial charge on any atom is -0.459 e. The molecule has 2 atom stereocenters. The summed E-state index contributed by atoms with van der Waals surface area (Å²) in [4.78, 5) is 26.3. The highest BCUT2D eigenvalue weighted by Gasteiger charge is 2.31. The topological polar surface area (TPSA) is 83.8 Å². The highest BCUT2D eigenvalue weighted by molar-refractivity contribution is 5.91. The third-order valence-electron chi connectivity index (χ3n) is 4.46. The maximum absolute atomic E-state index is 12.3. The Kier molecular flexibility index (Phi) is 6.65. The fourth-order valence-corrected chi connectivity index (χ4v) is 3.10. The van der Waals surface area contributed by atoms with Crippen LogP contribution in [0.3, 0.4) is 0 Å². The van der Waals surface area contributed by atoms with E-state index < -0.39 is 0 Å². The third kappa shape index (κ3) is 4.28. The normalized spacial score (nSPS) is 25.0. The summed E-state index contributed by atoms with van der Waals surface area (Å²) in [6, 6.07) is 3.18. The van der Waals surface area contributed by atoms with E-state index in [0.29, 0.717) is 32.0 Å². The molecule has 2 saturated heterocycles. The molecule has 0 bridgehead atoms. The molecule has 0 spiro atoms. The van der Waals surface area contributed by atoms with E-state index in [1.165, 1.54) is 6.26 Å². The zero-order valence-electron chi connectivity index (χ0n) is 13.7. The average Bonchev–Trinajstić information content (AvgIpc) is 3.09. The molecule has 1 aromatic rings. The molecule has 7 nitrogen and oxygen atoms in total. The molecule has 0 aromatic carbocycles. The fraction of sp³-hybridized carbons (Fsp3) is 0.625. The van der Waals surface area contributed by atoms with Crippen LogP contribution in [0.15, 0.2) is 22.8 Å². The first-order valence-electron chi connectivity index (χ1n) is 8.13. The Bertz CT molecular complexity index is 544. The van der Waals surface area contributed by atoms with Crippen LogP contribution in [-0.4, -0.2) is 61.1 Å². The van der Waals surface area contributed by atoms with Gasteiger partial charge in [0.05, 0.1) is 19.0 Å². The van der Waals surface area contributed by atoms with Crippen LogP contribution in [0.5, 0.6) is 0 Å². The highest BCUT2D eigenvalue weighted by atomic mass is 35.5. The number of halogens is 1. The molecule has 24 heavy (non-hydrogen) atoms. The van der Waals surface area contributed by atoms with E-state index in [9.17, 15) is 9.59 Å². The number of furan rings is 1. The van der Waals surface area contributed by atoms with Gasteiger partial charge in [-0.25, -0.2) is 0 Å². The minimum absolute atomic E-state index is 0.